The highest BCUT2D eigenvalue weighted by Crippen LogP contribution is 2.10. The van der Waals surface area contributed by atoms with E-state index in [1.165, 1.54) is 0 Å². The van der Waals surface area contributed by atoms with E-state index < -0.39 is 5.97 Å². The first kappa shape index (κ1) is 10.1. The molecule has 0 aromatic carbocycles. The molecular weight excluding hydrogens is 144 g/mol. The van der Waals surface area contributed by atoms with Gasteiger partial charge in [-0.25, -0.2) is 0 Å². The molecule has 0 rings (SSSR count). The van der Waals surface area contributed by atoms with Crippen LogP contribution in [0.25, 0.3) is 0 Å². The van der Waals surface area contributed by atoms with Crippen LogP contribution in [0.5, 0.6) is 0 Å². The van der Waals surface area contributed by atoms with E-state index in [-0.39, 0.29) is 12.3 Å². The summed E-state index contributed by atoms with van der Waals surface area (Å²) in [6.45, 7) is 1.89. The highest BCUT2D eigenvalue weighted by atomic mass is 16.4. The molecule has 0 aliphatic rings. The van der Waals surface area contributed by atoms with E-state index >= 15 is 0 Å². The summed E-state index contributed by atoms with van der Waals surface area (Å²) in [6, 6.07) is 0. The zero-order valence-electron chi connectivity index (χ0n) is 6.75. The summed E-state index contributed by atoms with van der Waals surface area (Å²) < 4.78 is 0. The van der Waals surface area contributed by atoms with Crippen molar-refractivity contribution in [2.24, 2.45) is 5.92 Å². The Bertz CT molecular complexity index is 131. The minimum atomic E-state index is -0.761. The molecule has 1 atom stereocenters. The van der Waals surface area contributed by atoms with Gasteiger partial charge in [0.15, 0.2) is 0 Å². The van der Waals surface area contributed by atoms with Crippen LogP contribution in [0.4, 0.5) is 0 Å². The number of aldehydes is 1. The summed E-state index contributed by atoms with van der Waals surface area (Å²) in [5, 5.41) is 8.37. The summed E-state index contributed by atoms with van der Waals surface area (Å²) in [7, 11) is 0. The lowest BCUT2D eigenvalue weighted by Crippen LogP contribution is -2.03. The average molecular weight is 158 g/mol. The van der Waals surface area contributed by atoms with Gasteiger partial charge in [-0.1, -0.05) is 6.92 Å². The smallest absolute Gasteiger partial charge is 0.303 e. The Morgan fingerprint density at radius 3 is 2.73 bits per heavy atom. The quantitative estimate of drug-likeness (QED) is 0.470. The normalized spacial score (nSPS) is 12.5. The number of carboxylic acids is 1. The van der Waals surface area contributed by atoms with Gasteiger partial charge < -0.3 is 9.90 Å². The van der Waals surface area contributed by atoms with Crippen LogP contribution in [-0.4, -0.2) is 17.4 Å². The molecule has 0 aliphatic carbocycles. The molecule has 0 aromatic heterocycles. The lowest BCUT2D eigenvalue weighted by atomic mass is 10.0. The van der Waals surface area contributed by atoms with Crippen molar-refractivity contribution in [1.29, 1.82) is 0 Å². The molecule has 64 valence electrons. The molecule has 3 heteroatoms. The molecule has 0 saturated carbocycles. The molecule has 0 fully saturated rings. The topological polar surface area (TPSA) is 54.4 Å². The molecule has 0 aliphatic heterocycles. The van der Waals surface area contributed by atoms with E-state index in [1.54, 1.807) is 0 Å². The number of carbonyl (C=O) groups is 2. The molecule has 0 spiro atoms. The molecule has 0 amide bonds. The van der Waals surface area contributed by atoms with Gasteiger partial charge in [-0.05, 0) is 18.8 Å². The van der Waals surface area contributed by atoms with Gasteiger partial charge >= 0.3 is 5.97 Å². The number of unbranched alkanes of at least 4 members (excludes halogenated alkanes) is 1. The van der Waals surface area contributed by atoms with Gasteiger partial charge in [0.05, 0.1) is 0 Å². The Hall–Kier alpha value is -0.860. The number of carbonyl (C=O) groups excluding carboxylic acids is 1. The zero-order valence-corrected chi connectivity index (χ0v) is 6.75. The van der Waals surface area contributed by atoms with Gasteiger partial charge in [0, 0.05) is 12.8 Å². The molecule has 0 aromatic rings. The van der Waals surface area contributed by atoms with Crippen LogP contribution in [-0.2, 0) is 9.59 Å². The third-order valence-corrected chi connectivity index (χ3v) is 1.54. The van der Waals surface area contributed by atoms with E-state index in [0.717, 1.165) is 19.1 Å². The summed E-state index contributed by atoms with van der Waals surface area (Å²) in [5.74, 6) is -0.573. The molecule has 11 heavy (non-hydrogen) atoms. The molecule has 1 unspecified atom stereocenters. The average Bonchev–Trinajstić information content (AvgIpc) is 1.86. The van der Waals surface area contributed by atoms with E-state index in [9.17, 15) is 9.59 Å². The second-order valence-corrected chi connectivity index (χ2v) is 2.80. The molecule has 3 nitrogen and oxygen atoms in total. The van der Waals surface area contributed by atoms with Crippen molar-refractivity contribution in [3.05, 3.63) is 0 Å². The molecule has 0 radical (unpaired) electrons. The summed E-state index contributed by atoms with van der Waals surface area (Å²) >= 11 is 0. The highest BCUT2D eigenvalue weighted by molar-refractivity contribution is 5.66. The molecular formula is C8H14O3. The van der Waals surface area contributed by atoms with Gasteiger partial charge in [0.25, 0.3) is 0 Å². The molecule has 0 bridgehead atoms. The van der Waals surface area contributed by atoms with Gasteiger partial charge in [-0.3, -0.25) is 4.79 Å². The van der Waals surface area contributed by atoms with Crippen molar-refractivity contribution < 1.29 is 14.7 Å². The van der Waals surface area contributed by atoms with Crippen LogP contribution >= 0.6 is 0 Å². The summed E-state index contributed by atoms with van der Waals surface area (Å²) in [6.07, 6.45) is 3.25. The number of hydrogen-bond donors (Lipinski definition) is 1. The lowest BCUT2D eigenvalue weighted by molar-refractivity contribution is -0.138. The second-order valence-electron chi connectivity index (χ2n) is 2.80. The maximum Gasteiger partial charge on any atom is 0.303 e. The van der Waals surface area contributed by atoms with Crippen molar-refractivity contribution >= 4 is 12.3 Å². The van der Waals surface area contributed by atoms with Crippen LogP contribution in [0.2, 0.25) is 0 Å². The highest BCUT2D eigenvalue weighted by Gasteiger charge is 2.06. The number of rotatable bonds is 6. The van der Waals surface area contributed by atoms with Crippen molar-refractivity contribution in [3.8, 4) is 0 Å². The first-order valence-electron chi connectivity index (χ1n) is 3.82. The molecule has 1 N–H and O–H groups in total. The fourth-order valence-corrected chi connectivity index (χ4v) is 0.950. The first-order valence-corrected chi connectivity index (χ1v) is 3.82. The Morgan fingerprint density at radius 2 is 2.27 bits per heavy atom. The largest absolute Gasteiger partial charge is 0.481 e. The van der Waals surface area contributed by atoms with Crippen molar-refractivity contribution in [2.45, 2.75) is 32.6 Å². The van der Waals surface area contributed by atoms with E-state index in [4.69, 9.17) is 5.11 Å². The van der Waals surface area contributed by atoms with Crippen LogP contribution < -0.4 is 0 Å². The van der Waals surface area contributed by atoms with E-state index in [0.29, 0.717) is 6.42 Å². The van der Waals surface area contributed by atoms with Crippen LogP contribution in [0.3, 0.4) is 0 Å². The monoisotopic (exact) mass is 158 g/mol. The first-order chi connectivity index (χ1) is 5.16. The standard InChI is InChI=1S/C8H14O3/c1-7(6-8(10)11)4-2-3-5-9/h5,7H,2-4,6H2,1H3,(H,10,11). The number of carboxylic acid groups (broad SMARTS) is 1. The van der Waals surface area contributed by atoms with Crippen LogP contribution in [0.1, 0.15) is 32.6 Å². The summed E-state index contributed by atoms with van der Waals surface area (Å²) in [5.41, 5.74) is 0. The fourth-order valence-electron chi connectivity index (χ4n) is 0.950. The maximum absolute atomic E-state index is 10.2. The number of aliphatic carboxylic acids is 1. The van der Waals surface area contributed by atoms with Gasteiger partial charge in [-0.15, -0.1) is 0 Å². The van der Waals surface area contributed by atoms with Crippen LogP contribution in [0.15, 0.2) is 0 Å². The zero-order chi connectivity index (χ0) is 8.69. The third-order valence-electron chi connectivity index (χ3n) is 1.54. The van der Waals surface area contributed by atoms with Crippen molar-refractivity contribution in [1.82, 2.24) is 0 Å². The third kappa shape index (κ3) is 7.03. The van der Waals surface area contributed by atoms with E-state index in [1.807, 2.05) is 6.92 Å². The van der Waals surface area contributed by atoms with Crippen molar-refractivity contribution in [3.63, 3.8) is 0 Å². The predicted octanol–water partition coefficient (Wildman–Crippen LogP) is 1.47. The minimum absolute atomic E-state index is 0.187. The van der Waals surface area contributed by atoms with Gasteiger partial charge in [0.1, 0.15) is 6.29 Å². The predicted molar refractivity (Wildman–Crippen MR) is 41.3 cm³/mol. The van der Waals surface area contributed by atoms with Gasteiger partial charge in [0.2, 0.25) is 0 Å². The SMILES string of the molecule is CC(CCCC=O)CC(=O)O. The fraction of sp³-hybridized carbons (Fsp3) is 0.750. The van der Waals surface area contributed by atoms with Crippen LogP contribution in [0, 0.1) is 5.92 Å². The molecule has 0 saturated heterocycles. The lowest BCUT2D eigenvalue weighted by Gasteiger charge is -2.05. The summed E-state index contributed by atoms with van der Waals surface area (Å²) in [4.78, 5) is 20.1. The van der Waals surface area contributed by atoms with Gasteiger partial charge in [-0.2, -0.15) is 0 Å². The Kier molecular flexibility index (Phi) is 5.43. The Morgan fingerprint density at radius 1 is 1.64 bits per heavy atom. The minimum Gasteiger partial charge on any atom is -0.481 e. The molecule has 0 heterocycles. The number of hydrogen-bond acceptors (Lipinski definition) is 2. The van der Waals surface area contributed by atoms with Crippen molar-refractivity contribution in [2.75, 3.05) is 0 Å². The Labute approximate surface area is 66.4 Å². The second kappa shape index (κ2) is 5.89. The Balaban J connectivity index is 3.28. The van der Waals surface area contributed by atoms with E-state index in [2.05, 4.69) is 0 Å². The maximum atomic E-state index is 10.2.